The highest BCUT2D eigenvalue weighted by Gasteiger charge is 2.14. The van der Waals surface area contributed by atoms with Crippen molar-refractivity contribution in [2.24, 2.45) is 5.73 Å². The molecule has 2 amide bonds. The van der Waals surface area contributed by atoms with Gasteiger partial charge in [-0.15, -0.1) is 0 Å². The van der Waals surface area contributed by atoms with Crippen molar-refractivity contribution in [1.29, 1.82) is 0 Å². The number of rotatable bonds is 2. The smallest absolute Gasteiger partial charge is 0.405 e. The molecule has 58 valence electrons. The van der Waals surface area contributed by atoms with Crippen molar-refractivity contribution in [3.8, 4) is 0 Å². The molecule has 0 saturated heterocycles. The van der Waals surface area contributed by atoms with E-state index in [4.69, 9.17) is 5.21 Å². The van der Waals surface area contributed by atoms with Crippen LogP contribution in [0.15, 0.2) is 0 Å². The molecule has 0 aromatic carbocycles. The van der Waals surface area contributed by atoms with Crippen LogP contribution in [0.4, 0.5) is 4.79 Å². The Morgan fingerprint density at radius 1 is 1.70 bits per heavy atom. The zero-order chi connectivity index (χ0) is 8.15. The normalized spacial score (nSPS) is 11.8. The van der Waals surface area contributed by atoms with Gasteiger partial charge in [-0.1, -0.05) is 0 Å². The van der Waals surface area contributed by atoms with Gasteiger partial charge in [0.05, 0.1) is 0 Å². The third kappa shape index (κ3) is 2.88. The highest BCUT2D eigenvalue weighted by atomic mass is 16.6. The van der Waals surface area contributed by atoms with Gasteiger partial charge in [0.1, 0.15) is 0 Å². The Hall–Kier alpha value is -1.30. The average molecular weight is 148 g/mol. The first-order chi connectivity index (χ1) is 4.57. The summed E-state index contributed by atoms with van der Waals surface area (Å²) in [5.41, 5.74) is 5.86. The third-order valence-corrected chi connectivity index (χ3v) is 0.772. The van der Waals surface area contributed by atoms with Crippen LogP contribution in [0, 0.1) is 0 Å². The van der Waals surface area contributed by atoms with E-state index in [9.17, 15) is 9.59 Å². The van der Waals surface area contributed by atoms with Crippen LogP contribution in [-0.4, -0.2) is 23.3 Å². The number of amides is 2. The molecule has 0 aromatic heterocycles. The fourth-order valence-corrected chi connectivity index (χ4v) is 0.319. The number of hydrogen-bond donors (Lipinski definition) is 3. The first-order valence-corrected chi connectivity index (χ1v) is 2.48. The minimum absolute atomic E-state index is 0.821. The minimum atomic E-state index is -1.07. The molecule has 0 aromatic rings. The number of ether oxygens (including phenoxy) is 1. The first-order valence-electron chi connectivity index (χ1n) is 2.48. The van der Waals surface area contributed by atoms with Crippen LogP contribution in [0.1, 0.15) is 6.92 Å². The predicted molar refractivity (Wildman–Crippen MR) is 30.1 cm³/mol. The highest BCUT2D eigenvalue weighted by Crippen LogP contribution is 1.88. The van der Waals surface area contributed by atoms with E-state index < -0.39 is 18.1 Å². The van der Waals surface area contributed by atoms with Crippen LogP contribution < -0.4 is 11.2 Å². The summed E-state index contributed by atoms with van der Waals surface area (Å²) in [4.78, 5) is 20.3. The monoisotopic (exact) mass is 148 g/mol. The molecule has 0 aliphatic heterocycles. The zero-order valence-corrected chi connectivity index (χ0v) is 5.33. The van der Waals surface area contributed by atoms with Gasteiger partial charge in [0, 0.05) is 0 Å². The number of nitrogens with one attached hydrogen (secondary N) is 1. The van der Waals surface area contributed by atoms with Gasteiger partial charge in [-0.05, 0) is 6.92 Å². The number of hydroxylamine groups is 1. The number of carbonyl (C=O) groups excluding carboxylic acids is 2. The quantitative estimate of drug-likeness (QED) is 0.344. The summed E-state index contributed by atoms with van der Waals surface area (Å²) in [7, 11) is 0. The molecule has 0 radical (unpaired) electrons. The van der Waals surface area contributed by atoms with E-state index in [1.807, 2.05) is 0 Å². The molecule has 0 rings (SSSR count). The maximum absolute atomic E-state index is 10.4. The number of primary amides is 1. The molecule has 1 atom stereocenters. The van der Waals surface area contributed by atoms with E-state index >= 15 is 0 Å². The van der Waals surface area contributed by atoms with Crippen molar-refractivity contribution in [3.05, 3.63) is 0 Å². The summed E-state index contributed by atoms with van der Waals surface area (Å²) in [5.74, 6) is -0.821. The Kier molecular flexibility index (Phi) is 3.20. The topological polar surface area (TPSA) is 102 Å². The van der Waals surface area contributed by atoms with Gasteiger partial charge < -0.3 is 10.5 Å². The van der Waals surface area contributed by atoms with Crippen molar-refractivity contribution in [1.82, 2.24) is 5.48 Å². The SMILES string of the molecule is C[C@H](OC(N)=O)C(=O)NO. The lowest BCUT2D eigenvalue weighted by atomic mass is 10.4. The molecule has 0 heterocycles. The van der Waals surface area contributed by atoms with Crippen LogP contribution in [0.5, 0.6) is 0 Å². The Bertz CT molecular complexity index is 146. The lowest BCUT2D eigenvalue weighted by Crippen LogP contribution is -2.35. The molecule has 0 saturated carbocycles. The summed E-state index contributed by atoms with van der Waals surface area (Å²) in [6.45, 7) is 1.27. The molecule has 0 aliphatic carbocycles. The Labute approximate surface area is 56.9 Å². The third-order valence-electron chi connectivity index (χ3n) is 0.772. The van der Waals surface area contributed by atoms with Gasteiger partial charge in [-0.3, -0.25) is 10.0 Å². The largest absolute Gasteiger partial charge is 0.436 e. The fourth-order valence-electron chi connectivity index (χ4n) is 0.319. The standard InChI is InChI=1S/C4H8N2O4/c1-2(3(7)6-9)10-4(5)8/h2,9H,1H3,(H2,5,8)(H,6,7)/t2-/m0/s1. The lowest BCUT2D eigenvalue weighted by Gasteiger charge is -2.07. The van der Waals surface area contributed by atoms with Gasteiger partial charge >= 0.3 is 6.09 Å². The summed E-state index contributed by atoms with van der Waals surface area (Å²) < 4.78 is 4.17. The van der Waals surface area contributed by atoms with Gasteiger partial charge in [0.25, 0.3) is 5.91 Å². The van der Waals surface area contributed by atoms with Crippen LogP contribution >= 0.6 is 0 Å². The second kappa shape index (κ2) is 3.67. The van der Waals surface area contributed by atoms with E-state index in [1.54, 1.807) is 0 Å². The van der Waals surface area contributed by atoms with Crippen LogP contribution in [0.2, 0.25) is 0 Å². The number of nitrogens with two attached hydrogens (primary N) is 1. The fraction of sp³-hybridized carbons (Fsp3) is 0.500. The molecule has 0 unspecified atom stereocenters. The van der Waals surface area contributed by atoms with Crippen molar-refractivity contribution < 1.29 is 19.5 Å². The highest BCUT2D eigenvalue weighted by molar-refractivity contribution is 5.81. The van der Waals surface area contributed by atoms with Crippen LogP contribution in [-0.2, 0) is 9.53 Å². The molecule has 6 nitrogen and oxygen atoms in total. The number of hydrogen-bond acceptors (Lipinski definition) is 4. The Morgan fingerprint density at radius 3 is 2.50 bits per heavy atom. The van der Waals surface area contributed by atoms with Gasteiger partial charge in [-0.2, -0.15) is 0 Å². The van der Waals surface area contributed by atoms with E-state index in [0.29, 0.717) is 0 Å². The van der Waals surface area contributed by atoms with E-state index in [-0.39, 0.29) is 0 Å². The first kappa shape index (κ1) is 8.70. The molecule has 0 bridgehead atoms. The van der Waals surface area contributed by atoms with Crippen molar-refractivity contribution in [2.75, 3.05) is 0 Å². The Morgan fingerprint density at radius 2 is 2.20 bits per heavy atom. The van der Waals surface area contributed by atoms with Gasteiger partial charge in [-0.25, -0.2) is 10.3 Å². The maximum Gasteiger partial charge on any atom is 0.405 e. The van der Waals surface area contributed by atoms with Crippen molar-refractivity contribution in [2.45, 2.75) is 13.0 Å². The van der Waals surface area contributed by atoms with Gasteiger partial charge in [0.2, 0.25) is 0 Å². The van der Waals surface area contributed by atoms with E-state index in [1.165, 1.54) is 12.4 Å². The van der Waals surface area contributed by atoms with Crippen LogP contribution in [0.25, 0.3) is 0 Å². The lowest BCUT2D eigenvalue weighted by molar-refractivity contribution is -0.137. The van der Waals surface area contributed by atoms with E-state index in [0.717, 1.165) is 0 Å². The van der Waals surface area contributed by atoms with E-state index in [2.05, 4.69) is 10.5 Å². The molecular weight excluding hydrogens is 140 g/mol. The summed E-state index contributed by atoms with van der Waals surface area (Å²) >= 11 is 0. The molecular formula is C4H8N2O4. The van der Waals surface area contributed by atoms with Crippen molar-refractivity contribution >= 4 is 12.0 Å². The summed E-state index contributed by atoms with van der Waals surface area (Å²) in [5, 5.41) is 7.99. The molecule has 10 heavy (non-hydrogen) atoms. The minimum Gasteiger partial charge on any atom is -0.436 e. The Balaban J connectivity index is 3.72. The average Bonchev–Trinajstić information content (AvgIpc) is 1.85. The second-order valence-electron chi connectivity index (χ2n) is 1.56. The molecule has 6 heteroatoms. The molecule has 0 spiro atoms. The number of carbonyl (C=O) groups is 2. The second-order valence-corrected chi connectivity index (χ2v) is 1.56. The molecule has 4 N–H and O–H groups in total. The van der Waals surface area contributed by atoms with Gasteiger partial charge in [0.15, 0.2) is 6.10 Å². The van der Waals surface area contributed by atoms with Crippen LogP contribution in [0.3, 0.4) is 0 Å². The summed E-state index contributed by atoms with van der Waals surface area (Å²) in [6, 6.07) is 0. The molecule has 0 fully saturated rings. The molecule has 0 aliphatic rings. The predicted octanol–water partition coefficient (Wildman–Crippen LogP) is -1.02. The van der Waals surface area contributed by atoms with Crippen molar-refractivity contribution in [3.63, 3.8) is 0 Å². The zero-order valence-electron chi connectivity index (χ0n) is 5.33. The summed E-state index contributed by atoms with van der Waals surface area (Å²) in [6.07, 6.45) is -2.13. The maximum atomic E-state index is 10.4.